The summed E-state index contributed by atoms with van der Waals surface area (Å²) in [5, 5.41) is 0. The first-order chi connectivity index (χ1) is 11.8. The summed E-state index contributed by atoms with van der Waals surface area (Å²) in [6, 6.07) is 13.3. The number of benzene rings is 1. The molecule has 0 aliphatic heterocycles. The maximum Gasteiger partial charge on any atom is 0.410 e. The SMILES string of the molecule is CC(C)(C)OC(=O)N(CCOc1ccccc1)Cc1ccc(Br)nc1. The molecule has 1 aromatic carbocycles. The van der Waals surface area contributed by atoms with Crippen molar-refractivity contribution in [1.29, 1.82) is 0 Å². The fourth-order valence-electron chi connectivity index (χ4n) is 2.07. The maximum atomic E-state index is 12.5. The van der Waals surface area contributed by atoms with Crippen molar-refractivity contribution in [2.45, 2.75) is 32.9 Å². The minimum atomic E-state index is -0.548. The van der Waals surface area contributed by atoms with Gasteiger partial charge in [-0.3, -0.25) is 0 Å². The lowest BCUT2D eigenvalue weighted by Gasteiger charge is -2.27. The van der Waals surface area contributed by atoms with Gasteiger partial charge >= 0.3 is 6.09 Å². The zero-order chi connectivity index (χ0) is 18.3. The Hall–Kier alpha value is -2.08. The highest BCUT2D eigenvalue weighted by Crippen LogP contribution is 2.14. The third-order valence-electron chi connectivity index (χ3n) is 3.19. The molecule has 0 aliphatic carbocycles. The molecular formula is C19H23BrN2O3. The summed E-state index contributed by atoms with van der Waals surface area (Å²) in [6.45, 7) is 6.76. The Balaban J connectivity index is 2.00. The highest BCUT2D eigenvalue weighted by Gasteiger charge is 2.22. The van der Waals surface area contributed by atoms with Crippen LogP contribution in [0.4, 0.5) is 4.79 Å². The minimum Gasteiger partial charge on any atom is -0.492 e. The van der Waals surface area contributed by atoms with Crippen LogP contribution in [0.5, 0.6) is 5.75 Å². The first-order valence-electron chi connectivity index (χ1n) is 8.10. The molecule has 0 radical (unpaired) electrons. The van der Waals surface area contributed by atoms with Gasteiger partial charge in [0, 0.05) is 6.20 Å². The Labute approximate surface area is 157 Å². The molecule has 0 saturated heterocycles. The molecule has 0 saturated carbocycles. The van der Waals surface area contributed by atoms with Gasteiger partial charge in [0.2, 0.25) is 0 Å². The average molecular weight is 407 g/mol. The van der Waals surface area contributed by atoms with E-state index in [2.05, 4.69) is 20.9 Å². The van der Waals surface area contributed by atoms with E-state index in [-0.39, 0.29) is 6.09 Å². The van der Waals surface area contributed by atoms with Crippen LogP contribution >= 0.6 is 15.9 Å². The summed E-state index contributed by atoms with van der Waals surface area (Å²) in [7, 11) is 0. The van der Waals surface area contributed by atoms with Gasteiger partial charge in [0.15, 0.2) is 0 Å². The molecule has 0 bridgehead atoms. The number of hydrogen-bond donors (Lipinski definition) is 0. The van der Waals surface area contributed by atoms with Crippen molar-refractivity contribution in [3.63, 3.8) is 0 Å². The number of hydrogen-bond acceptors (Lipinski definition) is 4. The molecule has 134 valence electrons. The molecule has 1 heterocycles. The molecule has 0 unspecified atom stereocenters. The second-order valence-corrected chi connectivity index (χ2v) is 7.37. The van der Waals surface area contributed by atoms with Gasteiger partial charge in [-0.1, -0.05) is 24.3 Å². The molecule has 2 rings (SSSR count). The molecule has 0 aliphatic rings. The zero-order valence-electron chi connectivity index (χ0n) is 14.7. The zero-order valence-corrected chi connectivity index (χ0v) is 16.3. The second kappa shape index (κ2) is 8.85. The van der Waals surface area contributed by atoms with Crippen LogP contribution in [0.2, 0.25) is 0 Å². The number of para-hydroxylation sites is 1. The molecule has 25 heavy (non-hydrogen) atoms. The summed E-state index contributed by atoms with van der Waals surface area (Å²) in [5.41, 5.74) is 0.377. The first-order valence-corrected chi connectivity index (χ1v) is 8.89. The quantitative estimate of drug-likeness (QED) is 0.654. The van der Waals surface area contributed by atoms with Crippen LogP contribution in [0.1, 0.15) is 26.3 Å². The minimum absolute atomic E-state index is 0.368. The number of nitrogens with zero attached hydrogens (tertiary/aromatic N) is 2. The Morgan fingerprint density at radius 1 is 1.16 bits per heavy atom. The van der Waals surface area contributed by atoms with E-state index < -0.39 is 5.60 Å². The molecule has 0 fully saturated rings. The smallest absolute Gasteiger partial charge is 0.410 e. The average Bonchev–Trinajstić information content (AvgIpc) is 2.55. The van der Waals surface area contributed by atoms with Gasteiger partial charge in [-0.05, 0) is 60.5 Å². The van der Waals surface area contributed by atoms with E-state index in [0.717, 1.165) is 15.9 Å². The van der Waals surface area contributed by atoms with Crippen molar-refractivity contribution in [1.82, 2.24) is 9.88 Å². The van der Waals surface area contributed by atoms with E-state index in [1.54, 1.807) is 11.1 Å². The third kappa shape index (κ3) is 7.13. The summed E-state index contributed by atoms with van der Waals surface area (Å²) in [5.74, 6) is 0.775. The number of carbonyl (C=O) groups is 1. The van der Waals surface area contributed by atoms with Crippen molar-refractivity contribution in [3.8, 4) is 5.75 Å². The van der Waals surface area contributed by atoms with E-state index in [1.807, 2.05) is 63.2 Å². The largest absolute Gasteiger partial charge is 0.492 e. The fraction of sp³-hybridized carbons (Fsp3) is 0.368. The number of ether oxygens (including phenoxy) is 2. The normalized spacial score (nSPS) is 11.0. The molecular weight excluding hydrogens is 384 g/mol. The predicted molar refractivity (Wildman–Crippen MR) is 101 cm³/mol. The first kappa shape index (κ1) is 19.2. The lowest BCUT2D eigenvalue weighted by Crippen LogP contribution is -2.38. The van der Waals surface area contributed by atoms with E-state index in [9.17, 15) is 4.79 Å². The molecule has 2 aromatic rings. The Kier molecular flexibility index (Phi) is 6.82. The molecule has 1 aromatic heterocycles. The van der Waals surface area contributed by atoms with Crippen LogP contribution in [0.15, 0.2) is 53.3 Å². The molecule has 6 heteroatoms. The van der Waals surface area contributed by atoms with Crippen LogP contribution in [-0.2, 0) is 11.3 Å². The van der Waals surface area contributed by atoms with Crippen molar-refractivity contribution >= 4 is 22.0 Å². The van der Waals surface area contributed by atoms with Crippen molar-refractivity contribution < 1.29 is 14.3 Å². The van der Waals surface area contributed by atoms with E-state index in [0.29, 0.717) is 19.7 Å². The van der Waals surface area contributed by atoms with Crippen LogP contribution < -0.4 is 4.74 Å². The van der Waals surface area contributed by atoms with Gasteiger partial charge in [0.1, 0.15) is 22.6 Å². The van der Waals surface area contributed by atoms with Crippen LogP contribution in [0.25, 0.3) is 0 Å². The Morgan fingerprint density at radius 3 is 2.48 bits per heavy atom. The van der Waals surface area contributed by atoms with Gasteiger partial charge in [-0.25, -0.2) is 9.78 Å². The number of pyridine rings is 1. The number of amides is 1. The van der Waals surface area contributed by atoms with E-state index in [1.165, 1.54) is 0 Å². The van der Waals surface area contributed by atoms with Gasteiger partial charge in [0.05, 0.1) is 13.1 Å². The van der Waals surface area contributed by atoms with Crippen LogP contribution in [-0.4, -0.2) is 34.7 Å². The Morgan fingerprint density at radius 2 is 1.88 bits per heavy atom. The van der Waals surface area contributed by atoms with Gasteiger partial charge in [-0.15, -0.1) is 0 Å². The monoisotopic (exact) mass is 406 g/mol. The van der Waals surface area contributed by atoms with Gasteiger partial charge in [-0.2, -0.15) is 0 Å². The standard InChI is InChI=1S/C19H23BrN2O3/c1-19(2,3)25-18(23)22(14-15-9-10-17(20)21-13-15)11-12-24-16-7-5-4-6-8-16/h4-10,13H,11-12,14H2,1-3H3. The Bertz CT molecular complexity index is 669. The van der Waals surface area contributed by atoms with Gasteiger partial charge in [0.25, 0.3) is 0 Å². The maximum absolute atomic E-state index is 12.5. The summed E-state index contributed by atoms with van der Waals surface area (Å²) >= 11 is 3.31. The predicted octanol–water partition coefficient (Wildman–Crippen LogP) is 4.66. The summed E-state index contributed by atoms with van der Waals surface area (Å²) < 4.78 is 12.0. The topological polar surface area (TPSA) is 51.7 Å². The third-order valence-corrected chi connectivity index (χ3v) is 3.66. The van der Waals surface area contributed by atoms with Crippen molar-refractivity contribution in [2.24, 2.45) is 0 Å². The van der Waals surface area contributed by atoms with Gasteiger partial charge < -0.3 is 14.4 Å². The second-order valence-electron chi connectivity index (χ2n) is 6.55. The van der Waals surface area contributed by atoms with Crippen molar-refractivity contribution in [3.05, 3.63) is 58.8 Å². The fourth-order valence-corrected chi connectivity index (χ4v) is 2.31. The van der Waals surface area contributed by atoms with Crippen LogP contribution in [0.3, 0.4) is 0 Å². The highest BCUT2D eigenvalue weighted by molar-refractivity contribution is 9.10. The van der Waals surface area contributed by atoms with E-state index in [4.69, 9.17) is 9.47 Å². The number of aromatic nitrogens is 1. The number of halogens is 1. The van der Waals surface area contributed by atoms with E-state index >= 15 is 0 Å². The van der Waals surface area contributed by atoms with Crippen LogP contribution in [0, 0.1) is 0 Å². The number of carbonyl (C=O) groups excluding carboxylic acids is 1. The molecule has 0 spiro atoms. The number of rotatable bonds is 6. The lowest BCUT2D eigenvalue weighted by molar-refractivity contribution is 0.0209. The summed E-state index contributed by atoms with van der Waals surface area (Å²) in [6.07, 6.45) is 1.37. The highest BCUT2D eigenvalue weighted by atomic mass is 79.9. The molecule has 1 amide bonds. The molecule has 0 atom stereocenters. The lowest BCUT2D eigenvalue weighted by atomic mass is 10.2. The summed E-state index contributed by atoms with van der Waals surface area (Å²) in [4.78, 5) is 18.3. The molecule has 5 nitrogen and oxygen atoms in total. The molecule has 0 N–H and O–H groups in total. The van der Waals surface area contributed by atoms with Crippen molar-refractivity contribution in [2.75, 3.05) is 13.2 Å².